The molecule has 2 N–H and O–H groups in total. The number of hydrogen-bond acceptors (Lipinski definition) is 5. The lowest BCUT2D eigenvalue weighted by atomic mass is 9.78. The maximum atomic E-state index is 13.1. The quantitative estimate of drug-likeness (QED) is 0.585. The molecule has 0 unspecified atom stereocenters. The van der Waals surface area contributed by atoms with Gasteiger partial charge >= 0.3 is 11.9 Å². The summed E-state index contributed by atoms with van der Waals surface area (Å²) in [6, 6.07) is 0. The van der Waals surface area contributed by atoms with Crippen molar-refractivity contribution in [2.24, 2.45) is 11.8 Å². The fourth-order valence-electron chi connectivity index (χ4n) is 4.98. The number of carboxylic acid groups (broad SMARTS) is 1. The topological polar surface area (TPSA) is 92.7 Å². The highest BCUT2D eigenvalue weighted by Gasteiger charge is 2.36. The van der Waals surface area contributed by atoms with E-state index in [9.17, 15) is 19.5 Å². The fraction of sp³-hybridized carbons (Fsp3) is 0.708. The van der Waals surface area contributed by atoms with Crippen LogP contribution >= 0.6 is 11.3 Å². The van der Waals surface area contributed by atoms with Crippen LogP contribution in [0.4, 0.5) is 5.00 Å². The number of carbonyl (C=O) groups is 3. The number of carbonyl (C=O) groups excluding carboxylic acids is 2. The van der Waals surface area contributed by atoms with E-state index in [1.165, 1.54) is 50.6 Å². The zero-order valence-electron chi connectivity index (χ0n) is 18.5. The van der Waals surface area contributed by atoms with E-state index in [2.05, 4.69) is 5.32 Å². The molecule has 6 nitrogen and oxygen atoms in total. The van der Waals surface area contributed by atoms with E-state index in [4.69, 9.17) is 4.74 Å². The van der Waals surface area contributed by atoms with Crippen LogP contribution in [-0.2, 0) is 27.2 Å². The van der Waals surface area contributed by atoms with Gasteiger partial charge in [-0.05, 0) is 44.1 Å². The van der Waals surface area contributed by atoms with Crippen LogP contribution in [0.15, 0.2) is 0 Å². The molecule has 1 heterocycles. The standard InChI is InChI=1S/C24H35NO5S/c1-30-24(29)20-18-14-8-6-4-2-3-5-7-9-15-19(18)31-22(20)25-21(26)16-12-10-11-13-17(16)23(27)28/h16-17H,2-15H2,1H3,(H,25,26)(H,27,28)/t16-,17-/m1/s1. The van der Waals surface area contributed by atoms with Crippen molar-refractivity contribution in [2.75, 3.05) is 12.4 Å². The van der Waals surface area contributed by atoms with Gasteiger partial charge in [0, 0.05) is 4.88 Å². The van der Waals surface area contributed by atoms with Gasteiger partial charge in [0.05, 0.1) is 24.5 Å². The predicted octanol–water partition coefficient (Wildman–Crippen LogP) is 5.58. The number of amides is 1. The van der Waals surface area contributed by atoms with E-state index in [0.29, 0.717) is 23.4 Å². The van der Waals surface area contributed by atoms with E-state index in [-0.39, 0.29) is 5.91 Å². The number of esters is 1. The third kappa shape index (κ3) is 6.09. The number of ether oxygens (including phenoxy) is 1. The highest BCUT2D eigenvalue weighted by atomic mass is 32.1. The normalized spacial score (nSPS) is 23.0. The summed E-state index contributed by atoms with van der Waals surface area (Å²) < 4.78 is 5.08. The van der Waals surface area contributed by atoms with Crippen LogP contribution in [-0.4, -0.2) is 30.1 Å². The summed E-state index contributed by atoms with van der Waals surface area (Å²) >= 11 is 1.48. The van der Waals surface area contributed by atoms with E-state index >= 15 is 0 Å². The summed E-state index contributed by atoms with van der Waals surface area (Å²) in [4.78, 5) is 38.6. The number of hydrogen-bond donors (Lipinski definition) is 2. The Bertz CT molecular complexity index is 787. The first kappa shape index (κ1) is 23.8. The molecule has 1 aromatic heterocycles. The molecule has 0 bridgehead atoms. The largest absolute Gasteiger partial charge is 0.481 e. The number of thiophene rings is 1. The minimum atomic E-state index is -0.911. The van der Waals surface area contributed by atoms with Crippen molar-refractivity contribution in [1.82, 2.24) is 0 Å². The van der Waals surface area contributed by atoms with Crippen LogP contribution in [0.1, 0.15) is 97.8 Å². The average molecular weight is 450 g/mol. The Morgan fingerprint density at radius 1 is 0.871 bits per heavy atom. The minimum absolute atomic E-state index is 0.283. The molecule has 0 aromatic carbocycles. The molecule has 0 radical (unpaired) electrons. The van der Waals surface area contributed by atoms with Gasteiger partial charge in [-0.1, -0.05) is 51.4 Å². The van der Waals surface area contributed by atoms with E-state index in [1.807, 2.05) is 0 Å². The summed E-state index contributed by atoms with van der Waals surface area (Å²) in [6.45, 7) is 0. The fourth-order valence-corrected chi connectivity index (χ4v) is 6.26. The van der Waals surface area contributed by atoms with Gasteiger partial charge in [0.15, 0.2) is 0 Å². The van der Waals surface area contributed by atoms with E-state index < -0.39 is 23.8 Å². The van der Waals surface area contributed by atoms with Gasteiger partial charge in [-0.2, -0.15) is 0 Å². The molecule has 2 atom stereocenters. The minimum Gasteiger partial charge on any atom is -0.481 e. The number of nitrogens with one attached hydrogen (secondary N) is 1. The third-order valence-electron chi connectivity index (χ3n) is 6.72. The molecule has 2 aliphatic carbocycles. The third-order valence-corrected chi connectivity index (χ3v) is 7.92. The molecular weight excluding hydrogens is 414 g/mol. The second-order valence-corrected chi connectivity index (χ2v) is 9.96. The molecule has 0 spiro atoms. The first-order chi connectivity index (χ1) is 15.0. The molecule has 1 fully saturated rings. The van der Waals surface area contributed by atoms with Crippen molar-refractivity contribution >= 4 is 34.2 Å². The van der Waals surface area contributed by atoms with Crippen molar-refractivity contribution in [3.8, 4) is 0 Å². The highest BCUT2D eigenvalue weighted by molar-refractivity contribution is 7.17. The Labute approximate surface area is 188 Å². The van der Waals surface area contributed by atoms with Crippen molar-refractivity contribution in [1.29, 1.82) is 0 Å². The van der Waals surface area contributed by atoms with Crippen molar-refractivity contribution in [3.63, 3.8) is 0 Å². The number of methoxy groups -OCH3 is 1. The van der Waals surface area contributed by atoms with Gasteiger partial charge in [0.1, 0.15) is 5.00 Å². The van der Waals surface area contributed by atoms with Crippen LogP contribution in [0.3, 0.4) is 0 Å². The Hall–Kier alpha value is -1.89. The average Bonchev–Trinajstić information content (AvgIpc) is 3.09. The first-order valence-corrected chi connectivity index (χ1v) is 12.6. The smallest absolute Gasteiger partial charge is 0.341 e. The Morgan fingerprint density at radius 2 is 1.45 bits per heavy atom. The monoisotopic (exact) mass is 449 g/mol. The Balaban J connectivity index is 1.87. The first-order valence-electron chi connectivity index (χ1n) is 11.8. The van der Waals surface area contributed by atoms with Crippen molar-refractivity contribution in [3.05, 3.63) is 16.0 Å². The highest BCUT2D eigenvalue weighted by Crippen LogP contribution is 2.38. The number of carboxylic acids is 1. The number of aryl methyl sites for hydroxylation is 1. The number of aliphatic carboxylic acids is 1. The van der Waals surface area contributed by atoms with Crippen LogP contribution in [0.5, 0.6) is 0 Å². The van der Waals surface area contributed by atoms with Crippen LogP contribution in [0, 0.1) is 11.8 Å². The number of fused-ring (bicyclic) bond motifs is 1. The number of anilines is 1. The molecule has 0 saturated heterocycles. The lowest BCUT2D eigenvalue weighted by molar-refractivity contribution is -0.147. The predicted molar refractivity (Wildman–Crippen MR) is 122 cm³/mol. The molecule has 0 aliphatic heterocycles. The Kier molecular flexibility index (Phi) is 8.93. The lowest BCUT2D eigenvalue weighted by Gasteiger charge is -2.27. The maximum Gasteiger partial charge on any atom is 0.341 e. The van der Waals surface area contributed by atoms with Crippen LogP contribution < -0.4 is 5.32 Å². The van der Waals surface area contributed by atoms with Crippen LogP contribution in [0.25, 0.3) is 0 Å². The summed E-state index contributed by atoms with van der Waals surface area (Å²) in [7, 11) is 1.37. The second kappa shape index (κ2) is 11.7. The van der Waals surface area contributed by atoms with Crippen LogP contribution in [0.2, 0.25) is 0 Å². The van der Waals surface area contributed by atoms with E-state index in [1.54, 1.807) is 0 Å². The lowest BCUT2D eigenvalue weighted by Crippen LogP contribution is -2.36. The number of rotatable bonds is 4. The molecule has 1 aromatic rings. The second-order valence-electron chi connectivity index (χ2n) is 8.85. The molecule has 3 rings (SSSR count). The summed E-state index contributed by atoms with van der Waals surface area (Å²) in [6.07, 6.45) is 13.9. The van der Waals surface area contributed by atoms with Gasteiger partial charge < -0.3 is 15.2 Å². The molecule has 1 amide bonds. The molecule has 2 aliphatic rings. The molecule has 31 heavy (non-hydrogen) atoms. The summed E-state index contributed by atoms with van der Waals surface area (Å²) in [5.74, 6) is -2.82. The summed E-state index contributed by atoms with van der Waals surface area (Å²) in [5, 5.41) is 13.0. The zero-order chi connectivity index (χ0) is 22.2. The van der Waals surface area contributed by atoms with Gasteiger partial charge in [0.2, 0.25) is 5.91 Å². The van der Waals surface area contributed by atoms with Gasteiger partial charge in [0.25, 0.3) is 0 Å². The molecular formula is C24H35NO5S. The van der Waals surface area contributed by atoms with Crippen molar-refractivity contribution < 1.29 is 24.2 Å². The van der Waals surface area contributed by atoms with Gasteiger partial charge in [-0.15, -0.1) is 11.3 Å². The van der Waals surface area contributed by atoms with Gasteiger partial charge in [-0.25, -0.2) is 4.79 Å². The molecule has 7 heteroatoms. The summed E-state index contributed by atoms with van der Waals surface area (Å²) in [5.41, 5.74) is 1.50. The van der Waals surface area contributed by atoms with Crippen molar-refractivity contribution in [2.45, 2.75) is 89.9 Å². The maximum absolute atomic E-state index is 13.1. The van der Waals surface area contributed by atoms with Gasteiger partial charge in [-0.3, -0.25) is 9.59 Å². The zero-order valence-corrected chi connectivity index (χ0v) is 19.4. The Morgan fingerprint density at radius 3 is 2.06 bits per heavy atom. The molecule has 172 valence electrons. The molecule has 1 saturated carbocycles. The SMILES string of the molecule is COC(=O)c1c(NC(=O)[C@@H]2CCCC[C@H]2C(=O)O)sc2c1CCCCCCCCCC2. The van der Waals surface area contributed by atoms with E-state index in [0.717, 1.165) is 55.4 Å².